The van der Waals surface area contributed by atoms with E-state index in [9.17, 15) is 9.50 Å². The lowest BCUT2D eigenvalue weighted by molar-refractivity contribution is 0.195. The molecule has 3 nitrogen and oxygen atoms in total. The summed E-state index contributed by atoms with van der Waals surface area (Å²) in [4.78, 5) is 0. The molecule has 2 N–H and O–H groups in total. The fourth-order valence-electron chi connectivity index (χ4n) is 1.77. The van der Waals surface area contributed by atoms with Crippen molar-refractivity contribution in [1.29, 1.82) is 0 Å². The van der Waals surface area contributed by atoms with Crippen molar-refractivity contribution in [3.8, 4) is 11.5 Å². The summed E-state index contributed by atoms with van der Waals surface area (Å²) < 4.78 is 18.8. The molecule has 0 unspecified atom stereocenters. The van der Waals surface area contributed by atoms with Crippen LogP contribution in [0.2, 0.25) is 0 Å². The first-order chi connectivity index (χ1) is 9.10. The summed E-state index contributed by atoms with van der Waals surface area (Å²) in [6.07, 6.45) is -0.827. The minimum Gasteiger partial charge on any atom is -0.457 e. The Kier molecular flexibility index (Phi) is 4.14. The lowest BCUT2D eigenvalue weighted by atomic mass is 10.1. The van der Waals surface area contributed by atoms with Gasteiger partial charge >= 0.3 is 0 Å². The molecule has 0 aliphatic carbocycles. The minimum absolute atomic E-state index is 0.0795. The van der Waals surface area contributed by atoms with Crippen LogP contribution in [-0.4, -0.2) is 10.2 Å². The molecule has 0 amide bonds. The molecule has 0 saturated heterocycles. The van der Waals surface area contributed by atoms with E-state index >= 15 is 0 Å². The number of halogens is 1. The van der Waals surface area contributed by atoms with Gasteiger partial charge in [-0.05, 0) is 42.8 Å². The molecule has 2 aromatic carbocycles. The van der Waals surface area contributed by atoms with E-state index in [0.717, 1.165) is 5.56 Å². The molecule has 1 atom stereocenters. The molecule has 2 aromatic rings. The summed E-state index contributed by atoms with van der Waals surface area (Å²) in [5.41, 5.74) is 1.10. The van der Waals surface area contributed by atoms with Crippen LogP contribution in [0, 0.1) is 5.82 Å². The fourth-order valence-corrected chi connectivity index (χ4v) is 1.77. The van der Waals surface area contributed by atoms with E-state index in [0.29, 0.717) is 17.1 Å². The number of benzene rings is 2. The van der Waals surface area contributed by atoms with Crippen LogP contribution in [0.3, 0.4) is 0 Å². The predicted molar refractivity (Wildman–Crippen MR) is 69.5 cm³/mol. The zero-order chi connectivity index (χ0) is 13.8. The second-order valence-electron chi connectivity index (χ2n) is 4.27. The predicted octanol–water partition coefficient (Wildman–Crippen LogP) is 3.16. The van der Waals surface area contributed by atoms with Crippen LogP contribution < -0.4 is 4.74 Å². The summed E-state index contributed by atoms with van der Waals surface area (Å²) in [7, 11) is 0. The Bertz CT molecular complexity index is 567. The highest BCUT2D eigenvalue weighted by molar-refractivity contribution is 5.40. The van der Waals surface area contributed by atoms with Gasteiger partial charge in [0.15, 0.2) is 0 Å². The van der Waals surface area contributed by atoms with E-state index < -0.39 is 11.9 Å². The van der Waals surface area contributed by atoms with Crippen LogP contribution in [0.15, 0.2) is 42.5 Å². The number of aliphatic hydroxyl groups is 2. The van der Waals surface area contributed by atoms with E-state index in [2.05, 4.69) is 0 Å². The Hall–Kier alpha value is -1.91. The summed E-state index contributed by atoms with van der Waals surface area (Å²) in [6.45, 7) is 1.47. The normalized spacial score (nSPS) is 12.2. The van der Waals surface area contributed by atoms with Crippen molar-refractivity contribution in [3.05, 3.63) is 59.4 Å². The molecule has 0 spiro atoms. The first kappa shape index (κ1) is 13.5. The number of hydrogen-bond donors (Lipinski definition) is 2. The van der Waals surface area contributed by atoms with Crippen molar-refractivity contribution >= 4 is 0 Å². The molecule has 0 aliphatic rings. The number of hydrogen-bond acceptors (Lipinski definition) is 3. The van der Waals surface area contributed by atoms with Crippen molar-refractivity contribution < 1.29 is 19.3 Å². The molecule has 0 aromatic heterocycles. The minimum atomic E-state index is -0.827. The average molecular weight is 262 g/mol. The van der Waals surface area contributed by atoms with Crippen molar-refractivity contribution in [3.63, 3.8) is 0 Å². The summed E-state index contributed by atoms with van der Waals surface area (Å²) in [5.74, 6) is 0.499. The maximum atomic E-state index is 13.2. The van der Waals surface area contributed by atoms with E-state index in [1.54, 1.807) is 31.2 Å². The van der Waals surface area contributed by atoms with Gasteiger partial charge < -0.3 is 14.9 Å². The molecule has 4 heteroatoms. The maximum Gasteiger partial charge on any atom is 0.133 e. The molecular formula is C15H15FO3. The monoisotopic (exact) mass is 262 g/mol. The topological polar surface area (TPSA) is 49.7 Å². The molecule has 100 valence electrons. The molecule has 0 heterocycles. The molecular weight excluding hydrogens is 247 g/mol. The van der Waals surface area contributed by atoms with Crippen LogP contribution in [0.5, 0.6) is 11.5 Å². The number of aliphatic hydroxyl groups excluding tert-OH is 2. The molecule has 0 radical (unpaired) electrons. The summed E-state index contributed by atoms with van der Waals surface area (Å²) in [6, 6.07) is 10.9. The lowest BCUT2D eigenvalue weighted by Gasteiger charge is -2.13. The average Bonchev–Trinajstić information content (AvgIpc) is 2.41. The van der Waals surface area contributed by atoms with Crippen molar-refractivity contribution in [2.24, 2.45) is 0 Å². The highest BCUT2D eigenvalue weighted by atomic mass is 19.1. The third-order valence-corrected chi connectivity index (χ3v) is 2.73. The Morgan fingerprint density at radius 3 is 2.68 bits per heavy atom. The van der Waals surface area contributed by atoms with Crippen LogP contribution >= 0.6 is 0 Å². The van der Waals surface area contributed by atoms with Gasteiger partial charge in [0.25, 0.3) is 0 Å². The van der Waals surface area contributed by atoms with Gasteiger partial charge in [-0.2, -0.15) is 0 Å². The first-order valence-electron chi connectivity index (χ1n) is 5.95. The van der Waals surface area contributed by atoms with Crippen LogP contribution in [0.25, 0.3) is 0 Å². The van der Waals surface area contributed by atoms with Gasteiger partial charge in [0, 0.05) is 5.56 Å². The van der Waals surface area contributed by atoms with Gasteiger partial charge in [-0.1, -0.05) is 12.1 Å². The smallest absolute Gasteiger partial charge is 0.133 e. The lowest BCUT2D eigenvalue weighted by Crippen LogP contribution is -1.97. The molecule has 0 saturated carbocycles. The highest BCUT2D eigenvalue weighted by Crippen LogP contribution is 2.30. The van der Waals surface area contributed by atoms with E-state index in [1.165, 1.54) is 18.2 Å². The first-order valence-corrected chi connectivity index (χ1v) is 5.95. The van der Waals surface area contributed by atoms with Crippen LogP contribution in [0.1, 0.15) is 24.2 Å². The van der Waals surface area contributed by atoms with Gasteiger partial charge in [-0.15, -0.1) is 0 Å². The highest BCUT2D eigenvalue weighted by Gasteiger charge is 2.11. The van der Waals surface area contributed by atoms with E-state index in [-0.39, 0.29) is 6.61 Å². The maximum absolute atomic E-state index is 13.2. The van der Waals surface area contributed by atoms with Gasteiger partial charge in [0.05, 0.1) is 12.7 Å². The molecule has 0 bridgehead atoms. The SMILES string of the molecule is C[C@H](O)c1cc(F)ccc1Oc1cccc(CO)c1. The third kappa shape index (κ3) is 3.30. The standard InChI is InChI=1S/C15H15FO3/c1-10(18)14-8-12(16)5-6-15(14)19-13-4-2-3-11(7-13)9-17/h2-8,10,17-18H,9H2,1H3/t10-/m0/s1. The summed E-state index contributed by atoms with van der Waals surface area (Å²) >= 11 is 0. The molecule has 0 aliphatic heterocycles. The van der Waals surface area contributed by atoms with E-state index in [4.69, 9.17) is 9.84 Å². The molecule has 0 fully saturated rings. The zero-order valence-corrected chi connectivity index (χ0v) is 10.5. The Labute approximate surface area is 110 Å². The third-order valence-electron chi connectivity index (χ3n) is 2.73. The second kappa shape index (κ2) is 5.82. The summed E-state index contributed by atoms with van der Waals surface area (Å²) in [5, 5.41) is 18.7. The van der Waals surface area contributed by atoms with E-state index in [1.807, 2.05) is 0 Å². The number of rotatable bonds is 4. The zero-order valence-electron chi connectivity index (χ0n) is 10.5. The molecule has 2 rings (SSSR count). The second-order valence-corrected chi connectivity index (χ2v) is 4.27. The van der Waals surface area contributed by atoms with Gasteiger partial charge in [0.1, 0.15) is 17.3 Å². The largest absolute Gasteiger partial charge is 0.457 e. The van der Waals surface area contributed by atoms with Gasteiger partial charge in [-0.25, -0.2) is 4.39 Å². The van der Waals surface area contributed by atoms with Gasteiger partial charge in [0.2, 0.25) is 0 Å². The van der Waals surface area contributed by atoms with Crippen molar-refractivity contribution in [1.82, 2.24) is 0 Å². The van der Waals surface area contributed by atoms with Crippen molar-refractivity contribution in [2.75, 3.05) is 0 Å². The Morgan fingerprint density at radius 2 is 2.00 bits per heavy atom. The Morgan fingerprint density at radius 1 is 1.21 bits per heavy atom. The van der Waals surface area contributed by atoms with Gasteiger partial charge in [-0.3, -0.25) is 0 Å². The number of ether oxygens (including phenoxy) is 1. The van der Waals surface area contributed by atoms with Crippen molar-refractivity contribution in [2.45, 2.75) is 19.6 Å². The molecule has 19 heavy (non-hydrogen) atoms. The Balaban J connectivity index is 2.32. The van der Waals surface area contributed by atoms with Crippen LogP contribution in [-0.2, 0) is 6.61 Å². The fraction of sp³-hybridized carbons (Fsp3) is 0.200. The quantitative estimate of drug-likeness (QED) is 0.889. The van der Waals surface area contributed by atoms with Crippen LogP contribution in [0.4, 0.5) is 4.39 Å².